The van der Waals surface area contributed by atoms with Crippen molar-refractivity contribution in [2.45, 2.75) is 32.4 Å². The average Bonchev–Trinajstić information content (AvgIpc) is 2.51. The van der Waals surface area contributed by atoms with E-state index in [0.29, 0.717) is 12.3 Å². The average molecular weight is 241 g/mol. The van der Waals surface area contributed by atoms with Gasteiger partial charge >= 0.3 is 5.76 Å². The van der Waals surface area contributed by atoms with E-state index in [1.165, 1.54) is 0 Å². The molecular formula is C9H17F2NO2S. The fourth-order valence-electron chi connectivity index (χ4n) is 2.00. The van der Waals surface area contributed by atoms with E-state index in [0.717, 1.165) is 10.7 Å². The smallest absolute Gasteiger partial charge is 0.206 e. The molecule has 1 aliphatic rings. The Morgan fingerprint density at radius 1 is 1.40 bits per heavy atom. The zero-order valence-corrected chi connectivity index (χ0v) is 9.80. The van der Waals surface area contributed by atoms with Crippen molar-refractivity contribution in [2.24, 2.45) is 11.8 Å². The summed E-state index contributed by atoms with van der Waals surface area (Å²) in [5.74, 6) is -2.57. The molecule has 1 rings (SSSR count). The van der Waals surface area contributed by atoms with Gasteiger partial charge in [-0.3, -0.25) is 0 Å². The van der Waals surface area contributed by atoms with Gasteiger partial charge in [0.05, 0.1) is 0 Å². The van der Waals surface area contributed by atoms with Crippen LogP contribution >= 0.6 is 0 Å². The van der Waals surface area contributed by atoms with Gasteiger partial charge in [-0.1, -0.05) is 13.8 Å². The van der Waals surface area contributed by atoms with Crippen molar-refractivity contribution < 1.29 is 17.2 Å². The van der Waals surface area contributed by atoms with Gasteiger partial charge in [-0.15, -0.1) is 0 Å². The number of hydrogen-bond acceptors (Lipinski definition) is 2. The maximum Gasteiger partial charge on any atom is 0.350 e. The molecule has 1 fully saturated rings. The lowest BCUT2D eigenvalue weighted by Gasteiger charge is -2.16. The van der Waals surface area contributed by atoms with Gasteiger partial charge in [0, 0.05) is 13.1 Å². The maximum atomic E-state index is 12.2. The normalized spacial score (nSPS) is 24.3. The van der Waals surface area contributed by atoms with Crippen LogP contribution in [0.15, 0.2) is 0 Å². The van der Waals surface area contributed by atoms with Gasteiger partial charge in [-0.25, -0.2) is 8.42 Å². The van der Waals surface area contributed by atoms with Crippen molar-refractivity contribution in [3.63, 3.8) is 0 Å². The first-order valence-corrected chi connectivity index (χ1v) is 6.61. The number of halogens is 2. The molecule has 0 N–H and O–H groups in total. The second-order valence-corrected chi connectivity index (χ2v) is 6.35. The lowest BCUT2D eigenvalue weighted by atomic mass is 9.97. The minimum atomic E-state index is -4.35. The number of hydrogen-bond donors (Lipinski definition) is 0. The summed E-state index contributed by atoms with van der Waals surface area (Å²) in [6.07, 6.45) is 1.60. The molecule has 0 aromatic rings. The first-order valence-electron chi connectivity index (χ1n) is 5.11. The molecule has 1 atom stereocenters. The molecule has 0 aromatic carbocycles. The van der Waals surface area contributed by atoms with Gasteiger partial charge in [0.1, 0.15) is 0 Å². The standard InChI is InChI=1S/C9H17F2NO2S/c1-7(2)5-8-3-4-12(6-8)15(13,14)9(10)11/h7-9H,3-6H2,1-2H3. The van der Waals surface area contributed by atoms with Crippen LogP contribution < -0.4 is 0 Å². The van der Waals surface area contributed by atoms with E-state index >= 15 is 0 Å². The molecule has 0 aliphatic carbocycles. The summed E-state index contributed by atoms with van der Waals surface area (Å²) >= 11 is 0. The van der Waals surface area contributed by atoms with E-state index < -0.39 is 15.8 Å². The van der Waals surface area contributed by atoms with Crippen LogP contribution in [0, 0.1) is 11.8 Å². The molecular weight excluding hydrogens is 224 g/mol. The van der Waals surface area contributed by atoms with Crippen molar-refractivity contribution >= 4 is 10.0 Å². The van der Waals surface area contributed by atoms with Crippen molar-refractivity contribution in [1.82, 2.24) is 4.31 Å². The third-order valence-electron chi connectivity index (χ3n) is 2.64. The second kappa shape index (κ2) is 4.74. The quantitative estimate of drug-likeness (QED) is 0.754. The van der Waals surface area contributed by atoms with Crippen molar-refractivity contribution in [1.29, 1.82) is 0 Å². The second-order valence-electron chi connectivity index (χ2n) is 4.45. The SMILES string of the molecule is CC(C)CC1CCN(S(=O)(=O)C(F)F)C1. The fourth-order valence-corrected chi connectivity index (χ4v) is 3.00. The highest BCUT2D eigenvalue weighted by atomic mass is 32.2. The third kappa shape index (κ3) is 3.11. The van der Waals surface area contributed by atoms with Crippen LogP contribution in [-0.2, 0) is 10.0 Å². The Kier molecular flexibility index (Phi) is 4.06. The molecule has 0 radical (unpaired) electrons. The zero-order valence-electron chi connectivity index (χ0n) is 8.99. The maximum absolute atomic E-state index is 12.2. The summed E-state index contributed by atoms with van der Waals surface area (Å²) in [4.78, 5) is 0. The van der Waals surface area contributed by atoms with Crippen LogP contribution in [0.2, 0.25) is 0 Å². The number of rotatable bonds is 4. The molecule has 0 bridgehead atoms. The first kappa shape index (κ1) is 12.8. The molecule has 6 heteroatoms. The highest BCUT2D eigenvalue weighted by Gasteiger charge is 2.37. The molecule has 1 saturated heterocycles. The van der Waals surface area contributed by atoms with E-state index in [-0.39, 0.29) is 19.0 Å². The van der Waals surface area contributed by atoms with Crippen LogP contribution in [0.5, 0.6) is 0 Å². The number of sulfonamides is 1. The highest BCUT2D eigenvalue weighted by Crippen LogP contribution is 2.27. The molecule has 0 spiro atoms. The predicted molar refractivity (Wildman–Crippen MR) is 54.1 cm³/mol. The Labute approximate surface area is 89.5 Å². The predicted octanol–water partition coefficient (Wildman–Crippen LogP) is 1.91. The first-order chi connectivity index (χ1) is 6.84. The van der Waals surface area contributed by atoms with Crippen LogP contribution in [0.4, 0.5) is 8.78 Å². The Morgan fingerprint density at radius 2 is 2.00 bits per heavy atom. The van der Waals surface area contributed by atoms with E-state index in [1.54, 1.807) is 0 Å². The molecule has 1 aliphatic heterocycles. The monoisotopic (exact) mass is 241 g/mol. The lowest BCUT2D eigenvalue weighted by Crippen LogP contribution is -2.33. The van der Waals surface area contributed by atoms with Crippen LogP contribution in [-0.4, -0.2) is 31.6 Å². The van der Waals surface area contributed by atoms with Crippen LogP contribution in [0.1, 0.15) is 26.7 Å². The summed E-state index contributed by atoms with van der Waals surface area (Å²) in [5, 5.41) is 0. The van der Waals surface area contributed by atoms with E-state index in [9.17, 15) is 17.2 Å². The molecule has 0 aromatic heterocycles. The summed E-state index contributed by atoms with van der Waals surface area (Å²) in [6.45, 7) is 4.59. The Morgan fingerprint density at radius 3 is 2.47 bits per heavy atom. The molecule has 90 valence electrons. The topological polar surface area (TPSA) is 37.4 Å². The molecule has 0 saturated carbocycles. The summed E-state index contributed by atoms with van der Waals surface area (Å²) in [7, 11) is -4.35. The summed E-state index contributed by atoms with van der Waals surface area (Å²) in [5.41, 5.74) is 0. The van der Waals surface area contributed by atoms with Gasteiger partial charge in [0.25, 0.3) is 10.0 Å². The molecule has 1 unspecified atom stereocenters. The zero-order chi connectivity index (χ0) is 11.6. The molecule has 3 nitrogen and oxygen atoms in total. The minimum Gasteiger partial charge on any atom is -0.206 e. The Bertz CT molecular complexity index is 303. The van der Waals surface area contributed by atoms with Gasteiger partial charge in [0.15, 0.2) is 0 Å². The van der Waals surface area contributed by atoms with E-state index in [1.807, 2.05) is 13.8 Å². The Balaban J connectivity index is 2.57. The molecule has 15 heavy (non-hydrogen) atoms. The van der Waals surface area contributed by atoms with Gasteiger partial charge < -0.3 is 0 Å². The largest absolute Gasteiger partial charge is 0.350 e. The molecule has 1 heterocycles. The van der Waals surface area contributed by atoms with Crippen molar-refractivity contribution in [3.8, 4) is 0 Å². The van der Waals surface area contributed by atoms with Crippen LogP contribution in [0.3, 0.4) is 0 Å². The number of alkyl halides is 2. The van der Waals surface area contributed by atoms with Gasteiger partial charge in [-0.05, 0) is 24.7 Å². The molecule has 0 amide bonds. The van der Waals surface area contributed by atoms with Crippen molar-refractivity contribution in [3.05, 3.63) is 0 Å². The summed E-state index contributed by atoms with van der Waals surface area (Å²) < 4.78 is 47.6. The van der Waals surface area contributed by atoms with E-state index in [2.05, 4.69) is 0 Å². The Hall–Kier alpha value is -0.230. The van der Waals surface area contributed by atoms with E-state index in [4.69, 9.17) is 0 Å². The minimum absolute atomic E-state index is 0.235. The number of nitrogens with zero attached hydrogens (tertiary/aromatic N) is 1. The highest BCUT2D eigenvalue weighted by molar-refractivity contribution is 7.89. The van der Waals surface area contributed by atoms with Gasteiger partial charge in [-0.2, -0.15) is 13.1 Å². The van der Waals surface area contributed by atoms with Gasteiger partial charge in [0.2, 0.25) is 0 Å². The summed E-state index contributed by atoms with van der Waals surface area (Å²) in [6, 6.07) is 0. The fraction of sp³-hybridized carbons (Fsp3) is 1.00. The van der Waals surface area contributed by atoms with Crippen molar-refractivity contribution in [2.75, 3.05) is 13.1 Å². The third-order valence-corrected chi connectivity index (χ3v) is 4.14. The van der Waals surface area contributed by atoms with Crippen LogP contribution in [0.25, 0.3) is 0 Å². The lowest BCUT2D eigenvalue weighted by molar-refractivity contribution is 0.221.